The fourth-order valence-corrected chi connectivity index (χ4v) is 1.14. The first-order valence-electron chi connectivity index (χ1n) is 3.47. The highest BCUT2D eigenvalue weighted by molar-refractivity contribution is 5.94. The van der Waals surface area contributed by atoms with Crippen molar-refractivity contribution in [3.63, 3.8) is 0 Å². The molecule has 4 nitrogen and oxygen atoms in total. The van der Waals surface area contributed by atoms with Crippen LogP contribution in [0.25, 0.3) is 0 Å². The van der Waals surface area contributed by atoms with E-state index in [1.165, 1.54) is 14.2 Å². The van der Waals surface area contributed by atoms with E-state index in [1.807, 2.05) is 0 Å². The summed E-state index contributed by atoms with van der Waals surface area (Å²) in [5, 5.41) is 0. The lowest BCUT2D eigenvalue weighted by Gasteiger charge is -1.95. The third-order valence-corrected chi connectivity index (χ3v) is 1.93. The van der Waals surface area contributed by atoms with Crippen LogP contribution in [0.4, 0.5) is 0 Å². The highest BCUT2D eigenvalue weighted by Gasteiger charge is 2.54. The van der Waals surface area contributed by atoms with Crippen LogP contribution in [0, 0.1) is 11.8 Å². The van der Waals surface area contributed by atoms with Crippen LogP contribution in [0.15, 0.2) is 12.2 Å². The quantitative estimate of drug-likeness (QED) is 0.436. The number of methoxy groups -OCH3 is 2. The van der Waals surface area contributed by atoms with Crippen LogP contribution in [0.2, 0.25) is 0 Å². The number of hydrogen-bond donors (Lipinski definition) is 0. The third-order valence-electron chi connectivity index (χ3n) is 1.93. The van der Waals surface area contributed by atoms with Gasteiger partial charge >= 0.3 is 11.9 Å². The Balaban J connectivity index is 2.59. The molecule has 1 aliphatic carbocycles. The van der Waals surface area contributed by atoms with Gasteiger partial charge in [0, 0.05) is 0 Å². The van der Waals surface area contributed by atoms with Gasteiger partial charge in [0.05, 0.1) is 26.1 Å². The molecule has 0 N–H and O–H groups in total. The Morgan fingerprint density at radius 2 is 1.50 bits per heavy atom. The van der Waals surface area contributed by atoms with E-state index in [2.05, 4.69) is 16.1 Å². The summed E-state index contributed by atoms with van der Waals surface area (Å²) in [5.74, 6) is -1.81. The van der Waals surface area contributed by atoms with Crippen LogP contribution in [-0.2, 0) is 19.1 Å². The molecule has 66 valence electrons. The maximum atomic E-state index is 10.9. The second kappa shape index (κ2) is 2.97. The first-order valence-corrected chi connectivity index (χ1v) is 3.47. The third kappa shape index (κ3) is 1.20. The predicted octanol–water partition coefficient (Wildman–Crippen LogP) is 0.135. The van der Waals surface area contributed by atoms with Crippen LogP contribution in [0.3, 0.4) is 0 Å². The minimum Gasteiger partial charge on any atom is -0.469 e. The van der Waals surface area contributed by atoms with Gasteiger partial charge in [-0.1, -0.05) is 6.58 Å². The molecule has 0 unspecified atom stereocenters. The zero-order valence-electron chi connectivity index (χ0n) is 6.99. The number of esters is 2. The van der Waals surface area contributed by atoms with Crippen molar-refractivity contribution < 1.29 is 19.1 Å². The Hall–Kier alpha value is -1.32. The van der Waals surface area contributed by atoms with Crippen LogP contribution in [-0.4, -0.2) is 26.2 Å². The number of carbonyl (C=O) groups excluding carboxylic acids is 2. The molecule has 1 rings (SSSR count). The second-order valence-electron chi connectivity index (χ2n) is 2.58. The van der Waals surface area contributed by atoms with Gasteiger partial charge in [0.15, 0.2) is 0 Å². The number of hydrogen-bond acceptors (Lipinski definition) is 4. The molecule has 0 aromatic rings. The largest absolute Gasteiger partial charge is 0.469 e. The number of rotatable bonds is 2. The Morgan fingerprint density at radius 3 is 1.75 bits per heavy atom. The second-order valence-corrected chi connectivity index (χ2v) is 2.58. The van der Waals surface area contributed by atoms with Crippen molar-refractivity contribution in [1.29, 1.82) is 0 Å². The molecule has 0 heterocycles. The predicted molar refractivity (Wildman–Crippen MR) is 40.2 cm³/mol. The summed E-state index contributed by atoms with van der Waals surface area (Å²) in [4.78, 5) is 21.8. The SMILES string of the molecule is C=C1[C@@H](C(=O)OC)[C@@H]1C(=O)OC. The van der Waals surface area contributed by atoms with Crippen molar-refractivity contribution in [1.82, 2.24) is 0 Å². The zero-order valence-corrected chi connectivity index (χ0v) is 6.99. The van der Waals surface area contributed by atoms with E-state index < -0.39 is 23.8 Å². The molecule has 0 aromatic heterocycles. The van der Waals surface area contributed by atoms with Gasteiger partial charge in [0.2, 0.25) is 0 Å². The molecule has 0 bridgehead atoms. The van der Waals surface area contributed by atoms with E-state index in [1.54, 1.807) is 0 Å². The van der Waals surface area contributed by atoms with E-state index in [4.69, 9.17) is 0 Å². The molecule has 0 spiro atoms. The molecule has 1 aliphatic rings. The van der Waals surface area contributed by atoms with E-state index in [0.29, 0.717) is 5.57 Å². The summed E-state index contributed by atoms with van der Waals surface area (Å²) in [6.07, 6.45) is 0. The van der Waals surface area contributed by atoms with Crippen molar-refractivity contribution in [3.05, 3.63) is 12.2 Å². The fourth-order valence-electron chi connectivity index (χ4n) is 1.14. The lowest BCUT2D eigenvalue weighted by Crippen LogP contribution is -2.10. The Bertz CT molecular complexity index is 219. The molecule has 2 atom stereocenters. The molecular formula is C8H10O4. The molecule has 0 aromatic carbocycles. The molecule has 0 amide bonds. The zero-order chi connectivity index (χ0) is 9.30. The topological polar surface area (TPSA) is 52.6 Å². The number of carbonyl (C=O) groups is 2. The summed E-state index contributed by atoms with van der Waals surface area (Å²) in [5.41, 5.74) is 0.578. The first-order chi connectivity index (χ1) is 5.63. The first kappa shape index (κ1) is 8.77. The van der Waals surface area contributed by atoms with Gasteiger partial charge in [-0.3, -0.25) is 9.59 Å². The molecule has 4 heteroatoms. The van der Waals surface area contributed by atoms with Gasteiger partial charge in [-0.05, 0) is 5.57 Å². The monoisotopic (exact) mass is 170 g/mol. The summed E-state index contributed by atoms with van der Waals surface area (Å²) < 4.78 is 8.92. The maximum Gasteiger partial charge on any atom is 0.314 e. The van der Waals surface area contributed by atoms with E-state index in [0.717, 1.165) is 0 Å². The highest BCUT2D eigenvalue weighted by Crippen LogP contribution is 2.45. The molecule has 1 fully saturated rings. The molecule has 0 radical (unpaired) electrons. The molecule has 0 saturated heterocycles. The van der Waals surface area contributed by atoms with Crippen LogP contribution < -0.4 is 0 Å². The van der Waals surface area contributed by atoms with Gasteiger partial charge in [0.25, 0.3) is 0 Å². The van der Waals surface area contributed by atoms with Crippen LogP contribution in [0.1, 0.15) is 0 Å². The molecule has 0 aliphatic heterocycles. The lowest BCUT2D eigenvalue weighted by atomic mass is 10.3. The summed E-state index contributed by atoms with van der Waals surface area (Å²) in [6, 6.07) is 0. The molecular weight excluding hydrogens is 160 g/mol. The highest BCUT2D eigenvalue weighted by atomic mass is 16.5. The van der Waals surface area contributed by atoms with E-state index in [-0.39, 0.29) is 0 Å². The Kier molecular flexibility index (Phi) is 2.17. The normalized spacial score (nSPS) is 26.3. The minimum atomic E-state index is -0.484. The average molecular weight is 170 g/mol. The van der Waals surface area contributed by atoms with Crippen molar-refractivity contribution >= 4 is 11.9 Å². The summed E-state index contributed by atoms with van der Waals surface area (Å²) >= 11 is 0. The van der Waals surface area contributed by atoms with Crippen molar-refractivity contribution in [3.8, 4) is 0 Å². The van der Waals surface area contributed by atoms with Gasteiger partial charge in [-0.25, -0.2) is 0 Å². The molecule has 12 heavy (non-hydrogen) atoms. The maximum absolute atomic E-state index is 10.9. The van der Waals surface area contributed by atoms with E-state index >= 15 is 0 Å². The average Bonchev–Trinajstić information content (AvgIpc) is 2.74. The van der Waals surface area contributed by atoms with Crippen molar-refractivity contribution in [2.45, 2.75) is 0 Å². The van der Waals surface area contributed by atoms with Crippen molar-refractivity contribution in [2.75, 3.05) is 14.2 Å². The van der Waals surface area contributed by atoms with Gasteiger partial charge in [-0.2, -0.15) is 0 Å². The van der Waals surface area contributed by atoms with Gasteiger partial charge in [0.1, 0.15) is 0 Å². The van der Waals surface area contributed by atoms with Crippen LogP contribution >= 0.6 is 0 Å². The standard InChI is InChI=1S/C8H10O4/c1-4-5(7(9)11-2)6(4)8(10)12-3/h5-6H,1H2,2-3H3/t5-,6-/m1/s1. The van der Waals surface area contributed by atoms with Crippen molar-refractivity contribution in [2.24, 2.45) is 11.8 Å². The summed E-state index contributed by atoms with van der Waals surface area (Å²) in [7, 11) is 2.56. The molecule has 1 saturated carbocycles. The van der Waals surface area contributed by atoms with Gasteiger partial charge in [-0.15, -0.1) is 0 Å². The van der Waals surface area contributed by atoms with Gasteiger partial charge < -0.3 is 9.47 Å². The van der Waals surface area contributed by atoms with Crippen LogP contribution in [0.5, 0.6) is 0 Å². The lowest BCUT2D eigenvalue weighted by molar-refractivity contribution is -0.148. The summed E-state index contributed by atoms with van der Waals surface area (Å²) in [6.45, 7) is 3.57. The number of ether oxygens (including phenoxy) is 2. The Morgan fingerprint density at radius 1 is 1.17 bits per heavy atom. The minimum absolute atomic E-state index is 0.421. The fraction of sp³-hybridized carbons (Fsp3) is 0.500. The smallest absolute Gasteiger partial charge is 0.314 e. The van der Waals surface area contributed by atoms with E-state index in [9.17, 15) is 9.59 Å². The Labute approximate surface area is 70.1 Å².